The van der Waals surface area contributed by atoms with Gasteiger partial charge in [0.2, 0.25) is 0 Å². The number of benzene rings is 1. The molecule has 20 heavy (non-hydrogen) atoms. The van der Waals surface area contributed by atoms with Crippen LogP contribution in [-0.2, 0) is 6.42 Å². The topological polar surface area (TPSA) is 17.8 Å². The van der Waals surface area contributed by atoms with Crippen LogP contribution in [0.2, 0.25) is 0 Å². The number of halogens is 1. The summed E-state index contributed by atoms with van der Waals surface area (Å²) in [5.74, 6) is 1.79. The Bertz CT molecular complexity index is 627. The van der Waals surface area contributed by atoms with Crippen LogP contribution >= 0.6 is 11.6 Å². The van der Waals surface area contributed by atoms with Crippen LogP contribution in [0.5, 0.6) is 0 Å². The van der Waals surface area contributed by atoms with Crippen LogP contribution in [0.1, 0.15) is 50.5 Å². The number of hydrogen-bond donors (Lipinski definition) is 0. The van der Waals surface area contributed by atoms with Gasteiger partial charge in [-0.1, -0.05) is 32.4 Å². The first-order valence-corrected chi connectivity index (χ1v) is 8.10. The smallest absolute Gasteiger partial charge is 0.111 e. The summed E-state index contributed by atoms with van der Waals surface area (Å²) in [4.78, 5) is 4.89. The van der Waals surface area contributed by atoms with E-state index in [0.717, 1.165) is 17.8 Å². The van der Waals surface area contributed by atoms with E-state index in [0.29, 0.717) is 17.3 Å². The maximum Gasteiger partial charge on any atom is 0.111 e. The molecule has 1 aliphatic rings. The fourth-order valence-corrected chi connectivity index (χ4v) is 3.87. The third-order valence-electron chi connectivity index (χ3n) is 4.83. The van der Waals surface area contributed by atoms with Crippen molar-refractivity contribution in [1.82, 2.24) is 9.55 Å². The Morgan fingerprint density at radius 1 is 1.40 bits per heavy atom. The number of fused-ring (bicyclic) bond motifs is 1. The second kappa shape index (κ2) is 5.07. The van der Waals surface area contributed by atoms with Crippen molar-refractivity contribution in [3.63, 3.8) is 0 Å². The van der Waals surface area contributed by atoms with Gasteiger partial charge in [-0.3, -0.25) is 0 Å². The lowest BCUT2D eigenvalue weighted by atomic mass is 9.87. The number of hydrogen-bond acceptors (Lipinski definition) is 1. The van der Waals surface area contributed by atoms with E-state index in [4.69, 9.17) is 16.6 Å². The summed E-state index contributed by atoms with van der Waals surface area (Å²) in [6.07, 6.45) is 4.71. The van der Waals surface area contributed by atoms with Gasteiger partial charge in [-0.15, -0.1) is 11.6 Å². The standard InChI is InChI=1S/C17H23ClN2/c1-12-6-4-7-13-16(12)19-15(9-11-18)20(13)14-8-5-10-17(14,2)3/h4,6-7,14H,5,8-11H2,1-3H3. The Labute approximate surface area is 126 Å². The number of alkyl halides is 1. The monoisotopic (exact) mass is 290 g/mol. The van der Waals surface area contributed by atoms with Gasteiger partial charge in [-0.25, -0.2) is 4.98 Å². The van der Waals surface area contributed by atoms with E-state index in [1.54, 1.807) is 0 Å². The third kappa shape index (κ3) is 2.14. The fourth-order valence-electron chi connectivity index (χ4n) is 3.70. The van der Waals surface area contributed by atoms with Gasteiger partial charge in [0, 0.05) is 18.3 Å². The molecule has 1 aromatic carbocycles. The molecule has 1 saturated carbocycles. The van der Waals surface area contributed by atoms with Gasteiger partial charge in [0.05, 0.1) is 11.0 Å². The highest BCUT2D eigenvalue weighted by Crippen LogP contribution is 2.47. The van der Waals surface area contributed by atoms with Crippen LogP contribution in [0, 0.1) is 12.3 Å². The van der Waals surface area contributed by atoms with E-state index < -0.39 is 0 Å². The van der Waals surface area contributed by atoms with Crippen molar-refractivity contribution in [3.8, 4) is 0 Å². The quantitative estimate of drug-likeness (QED) is 0.737. The molecule has 0 N–H and O–H groups in total. The van der Waals surface area contributed by atoms with Crippen LogP contribution < -0.4 is 0 Å². The Kier molecular flexibility index (Phi) is 3.53. The van der Waals surface area contributed by atoms with E-state index in [-0.39, 0.29) is 0 Å². The molecule has 1 atom stereocenters. The van der Waals surface area contributed by atoms with E-state index in [2.05, 4.69) is 43.5 Å². The minimum absolute atomic E-state index is 0.346. The zero-order valence-corrected chi connectivity index (χ0v) is 13.4. The van der Waals surface area contributed by atoms with Gasteiger partial charge in [0.25, 0.3) is 0 Å². The van der Waals surface area contributed by atoms with E-state index in [1.165, 1.54) is 30.3 Å². The average molecular weight is 291 g/mol. The van der Waals surface area contributed by atoms with Crippen molar-refractivity contribution < 1.29 is 0 Å². The number of para-hydroxylation sites is 1. The SMILES string of the molecule is Cc1cccc2c1nc(CCCl)n2C1CCCC1(C)C. The Morgan fingerprint density at radius 2 is 2.20 bits per heavy atom. The molecule has 0 radical (unpaired) electrons. The highest BCUT2D eigenvalue weighted by atomic mass is 35.5. The second-order valence-electron chi connectivity index (χ2n) is 6.68. The lowest BCUT2D eigenvalue weighted by Crippen LogP contribution is -2.23. The first-order chi connectivity index (χ1) is 9.54. The molecule has 1 heterocycles. The van der Waals surface area contributed by atoms with Gasteiger partial charge in [-0.2, -0.15) is 0 Å². The molecule has 0 spiro atoms. The lowest BCUT2D eigenvalue weighted by Gasteiger charge is -2.30. The maximum absolute atomic E-state index is 6.00. The molecule has 2 aromatic rings. The summed E-state index contributed by atoms with van der Waals surface area (Å²) in [5.41, 5.74) is 4.03. The molecule has 0 saturated heterocycles. The third-order valence-corrected chi connectivity index (χ3v) is 5.01. The van der Waals surface area contributed by atoms with E-state index in [9.17, 15) is 0 Å². The van der Waals surface area contributed by atoms with E-state index >= 15 is 0 Å². The predicted molar refractivity (Wildman–Crippen MR) is 85.6 cm³/mol. The summed E-state index contributed by atoms with van der Waals surface area (Å²) >= 11 is 6.00. The average Bonchev–Trinajstić information content (AvgIpc) is 2.91. The molecule has 3 heteroatoms. The number of nitrogens with zero attached hydrogens (tertiary/aromatic N) is 2. The molecule has 0 aliphatic heterocycles. The van der Waals surface area contributed by atoms with Gasteiger partial charge >= 0.3 is 0 Å². The minimum atomic E-state index is 0.346. The zero-order chi connectivity index (χ0) is 14.3. The molecule has 1 unspecified atom stereocenters. The van der Waals surface area contributed by atoms with Crippen LogP contribution in [-0.4, -0.2) is 15.4 Å². The first-order valence-electron chi connectivity index (χ1n) is 7.57. The van der Waals surface area contributed by atoms with Crippen molar-refractivity contribution in [2.24, 2.45) is 5.41 Å². The number of aromatic nitrogens is 2. The summed E-state index contributed by atoms with van der Waals surface area (Å²) in [6, 6.07) is 7.04. The maximum atomic E-state index is 6.00. The largest absolute Gasteiger partial charge is 0.324 e. The summed E-state index contributed by atoms with van der Waals surface area (Å²) in [7, 11) is 0. The van der Waals surface area contributed by atoms with Crippen LogP contribution in [0.4, 0.5) is 0 Å². The van der Waals surface area contributed by atoms with Crippen molar-refractivity contribution in [3.05, 3.63) is 29.6 Å². The van der Waals surface area contributed by atoms with Gasteiger partial charge in [-0.05, 0) is 36.8 Å². The normalized spacial score (nSPS) is 21.7. The summed E-state index contributed by atoms with van der Waals surface area (Å²) in [5, 5.41) is 0. The predicted octanol–water partition coefficient (Wildman–Crippen LogP) is 4.88. The number of imidazole rings is 1. The Morgan fingerprint density at radius 3 is 2.85 bits per heavy atom. The molecule has 2 nitrogen and oxygen atoms in total. The highest BCUT2D eigenvalue weighted by Gasteiger charge is 2.37. The molecule has 1 aromatic heterocycles. The molecule has 1 fully saturated rings. The molecule has 0 amide bonds. The molecule has 1 aliphatic carbocycles. The Hall–Kier alpha value is -1.02. The van der Waals surface area contributed by atoms with Crippen molar-refractivity contribution in [1.29, 1.82) is 0 Å². The molecule has 0 bridgehead atoms. The van der Waals surface area contributed by atoms with Crippen LogP contribution in [0.15, 0.2) is 18.2 Å². The summed E-state index contributed by atoms with van der Waals surface area (Å²) in [6.45, 7) is 6.91. The Balaban J connectivity index is 2.21. The fraction of sp³-hybridized carbons (Fsp3) is 0.588. The van der Waals surface area contributed by atoms with Crippen molar-refractivity contribution in [2.45, 2.75) is 52.5 Å². The van der Waals surface area contributed by atoms with Gasteiger partial charge < -0.3 is 4.57 Å². The lowest BCUT2D eigenvalue weighted by molar-refractivity contribution is 0.261. The van der Waals surface area contributed by atoms with Crippen molar-refractivity contribution in [2.75, 3.05) is 5.88 Å². The van der Waals surface area contributed by atoms with Crippen LogP contribution in [0.3, 0.4) is 0 Å². The molecule has 3 rings (SSSR count). The number of aryl methyl sites for hydroxylation is 2. The molecule has 108 valence electrons. The van der Waals surface area contributed by atoms with Gasteiger partial charge in [0.15, 0.2) is 0 Å². The van der Waals surface area contributed by atoms with E-state index in [1.807, 2.05) is 0 Å². The van der Waals surface area contributed by atoms with Crippen LogP contribution in [0.25, 0.3) is 11.0 Å². The van der Waals surface area contributed by atoms with Gasteiger partial charge in [0.1, 0.15) is 5.82 Å². The zero-order valence-electron chi connectivity index (χ0n) is 12.6. The number of rotatable bonds is 3. The summed E-state index contributed by atoms with van der Waals surface area (Å²) < 4.78 is 2.48. The first kappa shape index (κ1) is 13.9. The minimum Gasteiger partial charge on any atom is -0.324 e. The highest BCUT2D eigenvalue weighted by molar-refractivity contribution is 6.17. The molecular formula is C17H23ClN2. The van der Waals surface area contributed by atoms with Crippen molar-refractivity contribution >= 4 is 22.6 Å². The second-order valence-corrected chi connectivity index (χ2v) is 7.05. The molecular weight excluding hydrogens is 268 g/mol.